The van der Waals surface area contributed by atoms with Crippen molar-refractivity contribution in [3.05, 3.63) is 36.4 Å². The molecule has 0 unspecified atom stereocenters. The minimum absolute atomic E-state index is 0.264. The number of para-hydroxylation sites is 1. The summed E-state index contributed by atoms with van der Waals surface area (Å²) >= 11 is 1.57. The molecule has 0 spiro atoms. The molecule has 4 nitrogen and oxygen atoms in total. The molecular formula is C25H31N3OS. The van der Waals surface area contributed by atoms with Crippen molar-refractivity contribution in [3.63, 3.8) is 0 Å². The number of fused-ring (bicyclic) bond motifs is 1. The van der Waals surface area contributed by atoms with E-state index in [-0.39, 0.29) is 5.91 Å². The molecule has 30 heavy (non-hydrogen) atoms. The van der Waals surface area contributed by atoms with Crippen LogP contribution in [0, 0.1) is 17.8 Å². The fourth-order valence-corrected chi connectivity index (χ4v) is 8.02. The zero-order valence-corrected chi connectivity index (χ0v) is 18.4. The first-order chi connectivity index (χ1) is 14.7. The van der Waals surface area contributed by atoms with Crippen molar-refractivity contribution in [2.45, 2.75) is 49.1 Å². The predicted octanol–water partition coefficient (Wildman–Crippen LogP) is 4.44. The van der Waals surface area contributed by atoms with Crippen LogP contribution in [0.25, 0.3) is 10.9 Å². The van der Waals surface area contributed by atoms with Crippen LogP contribution in [0.1, 0.15) is 38.5 Å². The van der Waals surface area contributed by atoms with Gasteiger partial charge in [-0.15, -0.1) is 0 Å². The van der Waals surface area contributed by atoms with E-state index in [1.165, 1.54) is 38.5 Å². The van der Waals surface area contributed by atoms with E-state index in [1.807, 2.05) is 24.3 Å². The summed E-state index contributed by atoms with van der Waals surface area (Å²) in [5.74, 6) is 3.72. The van der Waals surface area contributed by atoms with Crippen LogP contribution in [0.3, 0.4) is 0 Å². The van der Waals surface area contributed by atoms with Crippen LogP contribution in [0.15, 0.2) is 41.4 Å². The molecule has 2 aromatic rings. The lowest BCUT2D eigenvalue weighted by molar-refractivity contribution is -0.135. The van der Waals surface area contributed by atoms with Gasteiger partial charge < -0.3 is 4.90 Å². The van der Waals surface area contributed by atoms with Crippen LogP contribution < -0.4 is 0 Å². The molecule has 5 fully saturated rings. The quantitative estimate of drug-likeness (QED) is 0.684. The summed E-state index contributed by atoms with van der Waals surface area (Å²) < 4.78 is 0. The minimum atomic E-state index is 0.264. The summed E-state index contributed by atoms with van der Waals surface area (Å²) in [6.07, 6.45) is 8.77. The van der Waals surface area contributed by atoms with Crippen molar-refractivity contribution >= 4 is 28.6 Å². The van der Waals surface area contributed by atoms with Gasteiger partial charge in [0.2, 0.25) is 5.91 Å². The van der Waals surface area contributed by atoms with Crippen LogP contribution in [0.4, 0.5) is 0 Å². The molecule has 1 amide bonds. The van der Waals surface area contributed by atoms with E-state index in [4.69, 9.17) is 4.98 Å². The van der Waals surface area contributed by atoms with Crippen LogP contribution in [-0.4, -0.2) is 58.2 Å². The number of piperazine rings is 1. The number of aromatic nitrogens is 1. The molecule has 7 rings (SSSR count). The van der Waals surface area contributed by atoms with E-state index in [0.717, 1.165) is 59.9 Å². The van der Waals surface area contributed by atoms with Crippen molar-refractivity contribution < 1.29 is 4.79 Å². The number of pyridine rings is 1. The van der Waals surface area contributed by atoms with Crippen molar-refractivity contribution in [2.75, 3.05) is 31.9 Å². The molecule has 2 heterocycles. The molecule has 4 bridgehead atoms. The largest absolute Gasteiger partial charge is 0.339 e. The number of carbonyl (C=O) groups is 1. The highest BCUT2D eigenvalue weighted by atomic mass is 32.2. The fourth-order valence-electron chi connectivity index (χ4n) is 7.24. The van der Waals surface area contributed by atoms with Gasteiger partial charge in [0.25, 0.3) is 0 Å². The Balaban J connectivity index is 1.05. The third-order valence-corrected chi connectivity index (χ3v) is 9.14. The second kappa shape index (κ2) is 7.52. The molecule has 1 aromatic heterocycles. The number of rotatable bonds is 4. The summed E-state index contributed by atoms with van der Waals surface area (Å²) in [4.78, 5) is 22.4. The Morgan fingerprint density at radius 1 is 0.933 bits per heavy atom. The van der Waals surface area contributed by atoms with Crippen LogP contribution in [0.5, 0.6) is 0 Å². The average Bonchev–Trinajstić information content (AvgIpc) is 2.76. The fraction of sp³-hybridized carbons (Fsp3) is 0.600. The van der Waals surface area contributed by atoms with E-state index in [2.05, 4.69) is 21.9 Å². The van der Waals surface area contributed by atoms with Gasteiger partial charge in [0.15, 0.2) is 0 Å². The van der Waals surface area contributed by atoms with Gasteiger partial charge in [-0.2, -0.15) is 0 Å². The SMILES string of the molecule is O=C(CSc1ccc2ccccc2n1)N1CCN(C23CC4CC(CC(C4)C2)C3)CC1. The zero-order chi connectivity index (χ0) is 20.1. The lowest BCUT2D eigenvalue weighted by Crippen LogP contribution is -2.64. The van der Waals surface area contributed by atoms with Crippen molar-refractivity contribution in [1.29, 1.82) is 0 Å². The maximum absolute atomic E-state index is 12.8. The lowest BCUT2D eigenvalue weighted by Gasteiger charge is -2.61. The molecule has 0 radical (unpaired) electrons. The summed E-state index contributed by atoms with van der Waals surface area (Å²) in [5.41, 5.74) is 1.48. The number of hydrogen-bond acceptors (Lipinski definition) is 4. The number of nitrogens with zero attached hydrogens (tertiary/aromatic N) is 3. The molecule has 0 atom stereocenters. The van der Waals surface area contributed by atoms with Crippen molar-refractivity contribution in [3.8, 4) is 0 Å². The van der Waals surface area contributed by atoms with Crippen LogP contribution >= 0.6 is 11.8 Å². The number of thioether (sulfide) groups is 1. The van der Waals surface area contributed by atoms with E-state index in [9.17, 15) is 4.79 Å². The van der Waals surface area contributed by atoms with E-state index < -0.39 is 0 Å². The van der Waals surface area contributed by atoms with Crippen LogP contribution in [-0.2, 0) is 4.79 Å². The Morgan fingerprint density at radius 2 is 1.60 bits per heavy atom. The lowest BCUT2D eigenvalue weighted by atomic mass is 9.52. The molecule has 4 aliphatic carbocycles. The Hall–Kier alpha value is -1.59. The number of benzene rings is 1. The maximum Gasteiger partial charge on any atom is 0.233 e. The molecule has 1 saturated heterocycles. The first kappa shape index (κ1) is 19.1. The van der Waals surface area contributed by atoms with Gasteiger partial charge in [-0.25, -0.2) is 4.98 Å². The molecule has 158 valence electrons. The Bertz CT molecular complexity index is 917. The summed E-state index contributed by atoms with van der Waals surface area (Å²) in [7, 11) is 0. The predicted molar refractivity (Wildman–Crippen MR) is 122 cm³/mol. The molecule has 5 aliphatic rings. The Kier molecular flexibility index (Phi) is 4.80. The highest BCUT2D eigenvalue weighted by Crippen LogP contribution is 2.57. The number of hydrogen-bond donors (Lipinski definition) is 0. The van der Waals surface area contributed by atoms with Gasteiger partial charge in [-0.05, 0) is 68.4 Å². The first-order valence-corrected chi connectivity index (χ1v) is 12.7. The van der Waals surface area contributed by atoms with Crippen LogP contribution in [0.2, 0.25) is 0 Å². The number of amides is 1. The second-order valence-corrected chi connectivity index (χ2v) is 11.1. The standard InChI is InChI=1S/C25H31N3OS/c29-24(17-30-23-6-5-21-3-1-2-4-22(21)26-23)27-7-9-28(10-8-27)25-14-18-11-19(15-25)13-20(12-18)16-25/h1-6,18-20H,7-17H2. The molecule has 5 heteroatoms. The van der Waals surface area contributed by atoms with Gasteiger partial charge in [0.05, 0.1) is 16.3 Å². The highest BCUT2D eigenvalue weighted by Gasteiger charge is 2.53. The average molecular weight is 422 g/mol. The third-order valence-electron chi connectivity index (χ3n) is 8.23. The normalized spacial score (nSPS) is 33.3. The van der Waals surface area contributed by atoms with E-state index in [1.54, 1.807) is 11.8 Å². The second-order valence-electron chi connectivity index (χ2n) is 10.1. The number of carbonyl (C=O) groups excluding carboxylic acids is 1. The van der Waals surface area contributed by atoms with Crippen molar-refractivity contribution in [1.82, 2.24) is 14.8 Å². The third kappa shape index (κ3) is 3.44. The van der Waals surface area contributed by atoms with E-state index in [0.29, 0.717) is 11.3 Å². The monoisotopic (exact) mass is 421 g/mol. The smallest absolute Gasteiger partial charge is 0.233 e. The zero-order valence-electron chi connectivity index (χ0n) is 17.6. The van der Waals surface area contributed by atoms with Gasteiger partial charge in [-0.3, -0.25) is 9.69 Å². The summed E-state index contributed by atoms with van der Waals surface area (Å²) in [6, 6.07) is 12.3. The minimum Gasteiger partial charge on any atom is -0.339 e. The molecule has 4 saturated carbocycles. The molecule has 1 aromatic carbocycles. The first-order valence-electron chi connectivity index (χ1n) is 11.7. The van der Waals surface area contributed by atoms with Crippen molar-refractivity contribution in [2.24, 2.45) is 17.8 Å². The van der Waals surface area contributed by atoms with Gasteiger partial charge in [-0.1, -0.05) is 36.0 Å². The van der Waals surface area contributed by atoms with E-state index >= 15 is 0 Å². The Labute approximate surface area is 183 Å². The topological polar surface area (TPSA) is 36.4 Å². The summed E-state index contributed by atoms with van der Waals surface area (Å²) in [6.45, 7) is 3.92. The maximum atomic E-state index is 12.8. The van der Waals surface area contributed by atoms with Gasteiger partial charge in [0.1, 0.15) is 0 Å². The van der Waals surface area contributed by atoms with Gasteiger partial charge >= 0.3 is 0 Å². The van der Waals surface area contributed by atoms with Gasteiger partial charge in [0, 0.05) is 37.1 Å². The molecule has 1 aliphatic heterocycles. The molecule has 0 N–H and O–H groups in total. The Morgan fingerprint density at radius 3 is 2.30 bits per heavy atom. The summed E-state index contributed by atoms with van der Waals surface area (Å²) in [5, 5.41) is 2.09. The highest BCUT2D eigenvalue weighted by molar-refractivity contribution is 7.99. The molecular weight excluding hydrogens is 390 g/mol.